The molecule has 0 spiro atoms. The Morgan fingerprint density at radius 3 is 2.35 bits per heavy atom. The van der Waals surface area contributed by atoms with E-state index in [2.05, 4.69) is 13.8 Å². The van der Waals surface area contributed by atoms with E-state index in [9.17, 15) is 9.36 Å². The van der Waals surface area contributed by atoms with Crippen LogP contribution in [0.4, 0.5) is 0 Å². The van der Waals surface area contributed by atoms with Gasteiger partial charge in [-0.25, -0.2) is 9.14 Å². The molecule has 9 heteroatoms. The highest BCUT2D eigenvalue weighted by molar-refractivity contribution is 7.69. The lowest BCUT2D eigenvalue weighted by molar-refractivity contribution is -0.500. The third-order valence-corrected chi connectivity index (χ3v) is 6.52. The fourth-order valence-corrected chi connectivity index (χ4v) is 5.58. The molecular weight excluding hydrogens is 340 g/mol. The van der Waals surface area contributed by atoms with Crippen LogP contribution in [0.15, 0.2) is 0 Å². The normalized spacial score (nSPS) is 31.7. The van der Waals surface area contributed by atoms with E-state index in [0.717, 1.165) is 0 Å². The highest BCUT2D eigenvalue weighted by Crippen LogP contribution is 2.52. The third-order valence-electron chi connectivity index (χ3n) is 3.57. The minimum absolute atomic E-state index is 0.0138. The van der Waals surface area contributed by atoms with Gasteiger partial charge < -0.3 is 13.6 Å². The summed E-state index contributed by atoms with van der Waals surface area (Å²) in [6.45, 7) is 11.4. The van der Waals surface area contributed by atoms with E-state index < -0.39 is 27.4 Å². The zero-order valence-corrected chi connectivity index (χ0v) is 16.2. The highest BCUT2D eigenvalue weighted by atomic mass is 31.2. The first-order chi connectivity index (χ1) is 10.6. The summed E-state index contributed by atoms with van der Waals surface area (Å²) in [5, 5.41) is 0. The van der Waals surface area contributed by atoms with Gasteiger partial charge >= 0.3 is 13.6 Å². The Labute approximate surface area is 138 Å². The second-order valence-corrected chi connectivity index (χ2v) is 10.5. The van der Waals surface area contributed by atoms with Crippen LogP contribution in [0.25, 0.3) is 0 Å². The Bertz CT molecular complexity index is 535. The molecule has 2 aliphatic rings. The van der Waals surface area contributed by atoms with Crippen molar-refractivity contribution in [2.45, 2.75) is 34.6 Å². The summed E-state index contributed by atoms with van der Waals surface area (Å²) >= 11 is 0. The van der Waals surface area contributed by atoms with Crippen molar-refractivity contribution in [3.8, 4) is 0 Å². The summed E-state index contributed by atoms with van der Waals surface area (Å²) in [4.78, 5) is 11.9. The number of hydrogen-bond donors (Lipinski definition) is 0. The molecule has 7 nitrogen and oxygen atoms in total. The van der Waals surface area contributed by atoms with Crippen LogP contribution < -0.4 is 0 Å². The molecule has 2 aliphatic heterocycles. The molecule has 2 heterocycles. The molecule has 2 rings (SSSR count). The maximum atomic E-state index is 12.6. The number of nitrogens with zero attached hydrogens (tertiary/aromatic N) is 1. The Balaban J connectivity index is 2.02. The Morgan fingerprint density at radius 1 is 1.22 bits per heavy atom. The predicted molar refractivity (Wildman–Crippen MR) is 87.8 cm³/mol. The van der Waals surface area contributed by atoms with Crippen molar-refractivity contribution < 1.29 is 32.0 Å². The van der Waals surface area contributed by atoms with Gasteiger partial charge in [-0.3, -0.25) is 9.32 Å². The maximum Gasteiger partial charge on any atom is 0.468 e. The summed E-state index contributed by atoms with van der Waals surface area (Å²) in [5.41, 5.74) is -0.760. The smallest absolute Gasteiger partial charge is 0.384 e. The number of carbonyl (C=O) groups is 1. The van der Waals surface area contributed by atoms with E-state index in [4.69, 9.17) is 18.1 Å². The van der Waals surface area contributed by atoms with Crippen molar-refractivity contribution in [2.75, 3.05) is 32.7 Å². The lowest BCUT2D eigenvalue weighted by Crippen LogP contribution is -2.36. The van der Waals surface area contributed by atoms with Crippen LogP contribution in [0, 0.1) is 10.8 Å². The molecule has 0 aromatic carbocycles. The van der Waals surface area contributed by atoms with Crippen molar-refractivity contribution in [2.24, 2.45) is 10.8 Å². The van der Waals surface area contributed by atoms with E-state index >= 15 is 0 Å². The van der Waals surface area contributed by atoms with Gasteiger partial charge in [0.15, 0.2) is 0 Å². The van der Waals surface area contributed by atoms with Gasteiger partial charge in [-0.15, -0.1) is 0 Å². The average molecular weight is 366 g/mol. The molecular formula is C14H26NO6P2+. The van der Waals surface area contributed by atoms with Crippen molar-refractivity contribution >= 4 is 27.9 Å². The van der Waals surface area contributed by atoms with Crippen LogP contribution in [-0.2, 0) is 27.5 Å². The molecule has 0 N–H and O–H groups in total. The van der Waals surface area contributed by atoms with Crippen molar-refractivity contribution in [3.05, 3.63) is 0 Å². The maximum absolute atomic E-state index is 12.6. The quantitative estimate of drug-likeness (QED) is 0.432. The molecule has 1 unspecified atom stereocenters. The molecule has 132 valence electrons. The van der Waals surface area contributed by atoms with Gasteiger partial charge in [0.25, 0.3) is 5.96 Å². The van der Waals surface area contributed by atoms with E-state index in [0.29, 0.717) is 26.0 Å². The van der Waals surface area contributed by atoms with Crippen molar-refractivity contribution in [1.82, 2.24) is 0 Å². The van der Waals surface area contributed by atoms with Crippen LogP contribution in [0.2, 0.25) is 0 Å². The van der Waals surface area contributed by atoms with Gasteiger partial charge in [0.1, 0.15) is 6.54 Å². The highest BCUT2D eigenvalue weighted by Gasteiger charge is 2.46. The second kappa shape index (κ2) is 6.89. The first-order valence-corrected chi connectivity index (χ1v) is 10.6. The van der Waals surface area contributed by atoms with E-state index in [1.807, 2.05) is 6.92 Å². The van der Waals surface area contributed by atoms with Crippen molar-refractivity contribution in [3.63, 3.8) is 0 Å². The second-order valence-electron chi connectivity index (χ2n) is 7.28. The lowest BCUT2D eigenvalue weighted by Gasteiger charge is -2.32. The average Bonchev–Trinajstić information content (AvgIpc) is 2.45. The van der Waals surface area contributed by atoms with Gasteiger partial charge in [0.2, 0.25) is 14.7 Å². The Kier molecular flexibility index (Phi) is 5.70. The molecule has 2 fully saturated rings. The molecule has 0 aromatic rings. The van der Waals surface area contributed by atoms with E-state index in [-0.39, 0.29) is 12.0 Å². The predicted octanol–water partition coefficient (Wildman–Crippen LogP) is 3.18. The molecule has 0 aromatic heterocycles. The summed E-state index contributed by atoms with van der Waals surface area (Å²) in [7, 11) is -4.64. The van der Waals surface area contributed by atoms with Crippen LogP contribution >= 0.6 is 16.0 Å². The minimum Gasteiger partial charge on any atom is -0.384 e. The minimum atomic E-state index is -3.56. The zero-order valence-electron chi connectivity index (χ0n) is 14.4. The molecule has 0 aliphatic carbocycles. The van der Waals surface area contributed by atoms with Gasteiger partial charge in [0, 0.05) is 5.41 Å². The number of carbonyl (C=O) groups excluding carboxylic acids is 1. The van der Waals surface area contributed by atoms with Crippen LogP contribution in [0.1, 0.15) is 34.6 Å². The zero-order chi connectivity index (χ0) is 17.3. The first-order valence-electron chi connectivity index (χ1n) is 7.67. The van der Waals surface area contributed by atoms with Gasteiger partial charge in [-0.2, -0.15) is 0 Å². The van der Waals surface area contributed by atoms with Gasteiger partial charge in [-0.1, -0.05) is 13.8 Å². The molecule has 0 amide bonds. The van der Waals surface area contributed by atoms with Gasteiger partial charge in [-0.05, 0) is 20.8 Å². The fourth-order valence-electron chi connectivity index (χ4n) is 1.85. The SMILES string of the molecule is CC[N+](=CP1(=O)OCC(C)(C)C(=O)O1)CP1OCC(C)(C)CO1. The largest absolute Gasteiger partial charge is 0.468 e. The molecule has 23 heavy (non-hydrogen) atoms. The topological polar surface area (TPSA) is 74.1 Å². The van der Waals surface area contributed by atoms with Crippen LogP contribution in [-0.4, -0.2) is 49.2 Å². The molecule has 1 atom stereocenters. The summed E-state index contributed by atoms with van der Waals surface area (Å²) < 4.78 is 36.3. The molecule has 0 saturated carbocycles. The standard InChI is InChI=1S/C14H26NO6P2/c1-6-15(10-22-18-7-13(2,3)8-19-22)11-23(17)20-9-14(4,5)12(16)21-23/h11H,6-10H2,1-5H3/q+1. The molecule has 0 radical (unpaired) electrons. The monoisotopic (exact) mass is 366 g/mol. The number of rotatable bonds is 4. The van der Waals surface area contributed by atoms with Crippen LogP contribution in [0.5, 0.6) is 0 Å². The summed E-state index contributed by atoms with van der Waals surface area (Å²) in [6, 6.07) is 0. The Hall–Kier alpha value is -0.320. The number of hydrogen-bond acceptors (Lipinski definition) is 6. The molecule has 2 saturated heterocycles. The fraction of sp³-hybridized carbons (Fsp3) is 0.857. The van der Waals surface area contributed by atoms with Crippen LogP contribution in [0.3, 0.4) is 0 Å². The third kappa shape index (κ3) is 5.07. The van der Waals surface area contributed by atoms with E-state index in [1.165, 1.54) is 5.96 Å². The summed E-state index contributed by atoms with van der Waals surface area (Å²) in [5.74, 6) is 0.881. The van der Waals surface area contributed by atoms with E-state index in [1.54, 1.807) is 18.4 Å². The Morgan fingerprint density at radius 2 is 1.83 bits per heavy atom. The van der Waals surface area contributed by atoms with Gasteiger partial charge in [0.05, 0.1) is 25.2 Å². The van der Waals surface area contributed by atoms with Crippen molar-refractivity contribution in [1.29, 1.82) is 0 Å². The molecule has 0 bridgehead atoms. The summed E-state index contributed by atoms with van der Waals surface area (Å²) in [6.07, 6.45) is 0.468. The lowest BCUT2D eigenvalue weighted by atomic mass is 9.96. The first kappa shape index (κ1) is 19.0.